The SMILES string of the molecule is CCCCC/C=C/C=C/CCCCCCCCC(=O)NC(COP(=O)([O-])OCC[N+](C)(C)C)C(/C=C\CCCCCCCCCCC)OC(=O)CCCCCCCCCCCCCCCCCCCCCCCCC. The molecule has 1 N–H and O–H groups in total. The standard InChI is InChI=1S/C65H125N2O7P/c1-7-10-13-16-19-22-25-27-29-30-31-32-33-34-35-36-38-40-43-46-49-52-55-58-65(69)74-63(56-53-50-47-44-41-24-21-18-15-12-9-3)62(61-73-75(70,71)72-60-59-67(4,5)6)66-64(68)57-54-51-48-45-42-39-37-28-26-23-20-17-14-11-8-2/h20,23,26,28,53,56,62-63H,7-19,21-22,24-25,27,29-52,54-55,57-61H2,1-6H3,(H-,66,68,70,71)/b23-20+,28-26+,56-53-. The summed E-state index contributed by atoms with van der Waals surface area (Å²) in [6, 6.07) is -0.890. The highest BCUT2D eigenvalue weighted by Crippen LogP contribution is 2.38. The average molecular weight is 1080 g/mol. The zero-order chi connectivity index (χ0) is 55.0. The minimum absolute atomic E-state index is 0.0227. The van der Waals surface area contributed by atoms with E-state index in [9.17, 15) is 19.0 Å². The van der Waals surface area contributed by atoms with Gasteiger partial charge >= 0.3 is 5.97 Å². The third-order valence-corrected chi connectivity index (χ3v) is 15.6. The molecule has 0 fully saturated rings. The number of quaternary nitrogens is 1. The molecular formula is C65H125N2O7P. The number of rotatable bonds is 59. The van der Waals surface area contributed by atoms with Gasteiger partial charge in [-0.1, -0.05) is 282 Å². The number of ether oxygens (including phenoxy) is 1. The topological polar surface area (TPSA) is 114 Å². The number of amides is 1. The van der Waals surface area contributed by atoms with Gasteiger partial charge in [-0.2, -0.15) is 0 Å². The largest absolute Gasteiger partial charge is 0.756 e. The fourth-order valence-electron chi connectivity index (χ4n) is 9.57. The fraction of sp³-hybridized carbons (Fsp3) is 0.877. The molecule has 0 aromatic heterocycles. The summed E-state index contributed by atoms with van der Waals surface area (Å²) in [5.41, 5.74) is 0. The molecule has 1 amide bonds. The van der Waals surface area contributed by atoms with Crippen molar-refractivity contribution in [2.45, 2.75) is 328 Å². The number of phosphoric ester groups is 1. The van der Waals surface area contributed by atoms with Gasteiger partial charge in [0.15, 0.2) is 0 Å². The molecular weight excluding hydrogens is 952 g/mol. The van der Waals surface area contributed by atoms with Crippen LogP contribution in [-0.2, 0) is 27.9 Å². The molecule has 0 saturated heterocycles. The lowest BCUT2D eigenvalue weighted by Gasteiger charge is -2.30. The van der Waals surface area contributed by atoms with Gasteiger partial charge in [0.05, 0.1) is 33.8 Å². The summed E-state index contributed by atoms with van der Waals surface area (Å²) in [4.78, 5) is 40.0. The van der Waals surface area contributed by atoms with Gasteiger partial charge in [0.1, 0.15) is 19.3 Å². The van der Waals surface area contributed by atoms with Crippen LogP contribution < -0.4 is 10.2 Å². The van der Waals surface area contributed by atoms with Crippen LogP contribution >= 0.6 is 7.82 Å². The van der Waals surface area contributed by atoms with E-state index < -0.39 is 20.0 Å². The second kappa shape index (κ2) is 55.5. The quantitative estimate of drug-likeness (QED) is 0.0161. The Labute approximate surface area is 466 Å². The average Bonchev–Trinajstić information content (AvgIpc) is 3.37. The van der Waals surface area contributed by atoms with Crippen molar-refractivity contribution in [2.24, 2.45) is 0 Å². The lowest BCUT2D eigenvalue weighted by molar-refractivity contribution is -0.870. The Morgan fingerprint density at radius 3 is 1.20 bits per heavy atom. The van der Waals surface area contributed by atoms with Crippen LogP contribution in [0.15, 0.2) is 36.5 Å². The van der Waals surface area contributed by atoms with Gasteiger partial charge in [-0.25, -0.2) is 0 Å². The summed E-state index contributed by atoms with van der Waals surface area (Å²) in [5, 5.41) is 3.02. The predicted molar refractivity (Wildman–Crippen MR) is 321 cm³/mol. The van der Waals surface area contributed by atoms with Crippen LogP contribution in [0.3, 0.4) is 0 Å². The van der Waals surface area contributed by atoms with Crippen molar-refractivity contribution in [3.8, 4) is 0 Å². The Kier molecular flexibility index (Phi) is 54.2. The molecule has 0 radical (unpaired) electrons. The molecule has 10 heteroatoms. The van der Waals surface area contributed by atoms with Crippen molar-refractivity contribution in [2.75, 3.05) is 40.9 Å². The van der Waals surface area contributed by atoms with E-state index in [-0.39, 0.29) is 31.5 Å². The molecule has 3 unspecified atom stereocenters. The van der Waals surface area contributed by atoms with Crippen LogP contribution in [0.2, 0.25) is 0 Å². The first-order valence-corrected chi connectivity index (χ1v) is 33.8. The Balaban J connectivity index is 5.09. The van der Waals surface area contributed by atoms with Crippen molar-refractivity contribution in [1.29, 1.82) is 0 Å². The Morgan fingerprint density at radius 2 is 0.800 bits per heavy atom. The number of esters is 1. The number of hydrogen-bond acceptors (Lipinski definition) is 7. The molecule has 442 valence electrons. The highest BCUT2D eigenvalue weighted by Gasteiger charge is 2.27. The fourth-order valence-corrected chi connectivity index (χ4v) is 10.3. The molecule has 0 aliphatic carbocycles. The summed E-state index contributed by atoms with van der Waals surface area (Å²) in [5.74, 6) is -0.541. The number of carbonyl (C=O) groups excluding carboxylic acids is 2. The van der Waals surface area contributed by atoms with Gasteiger partial charge in [0.2, 0.25) is 5.91 Å². The molecule has 0 heterocycles. The van der Waals surface area contributed by atoms with Gasteiger partial charge in [0.25, 0.3) is 7.82 Å². The van der Waals surface area contributed by atoms with E-state index in [1.165, 1.54) is 199 Å². The molecule has 0 aliphatic rings. The lowest BCUT2D eigenvalue weighted by atomic mass is 10.0. The summed E-state index contributed by atoms with van der Waals surface area (Å²) in [7, 11) is 1.19. The van der Waals surface area contributed by atoms with Crippen LogP contribution in [0.25, 0.3) is 0 Å². The molecule has 0 aromatic carbocycles. The van der Waals surface area contributed by atoms with Crippen LogP contribution in [0.1, 0.15) is 316 Å². The zero-order valence-electron chi connectivity index (χ0n) is 50.5. The summed E-state index contributed by atoms with van der Waals surface area (Å²) >= 11 is 0. The van der Waals surface area contributed by atoms with E-state index in [0.717, 1.165) is 83.5 Å². The maximum absolute atomic E-state index is 13.5. The van der Waals surface area contributed by atoms with E-state index >= 15 is 0 Å². The molecule has 3 atom stereocenters. The number of allylic oxidation sites excluding steroid dienone is 5. The number of phosphoric acid groups is 1. The van der Waals surface area contributed by atoms with Gasteiger partial charge < -0.3 is 28.5 Å². The molecule has 0 bridgehead atoms. The number of nitrogens with one attached hydrogen (secondary N) is 1. The molecule has 0 saturated carbocycles. The molecule has 0 aliphatic heterocycles. The monoisotopic (exact) mass is 1080 g/mol. The molecule has 75 heavy (non-hydrogen) atoms. The van der Waals surface area contributed by atoms with E-state index in [2.05, 4.69) is 50.4 Å². The number of likely N-dealkylation sites (N-methyl/N-ethyl adjacent to an activating group) is 1. The molecule has 0 rings (SSSR count). The maximum Gasteiger partial charge on any atom is 0.306 e. The molecule has 0 aromatic rings. The lowest BCUT2D eigenvalue weighted by Crippen LogP contribution is -2.47. The highest BCUT2D eigenvalue weighted by atomic mass is 31.2. The normalized spacial score (nSPS) is 13.9. The van der Waals surface area contributed by atoms with E-state index in [4.69, 9.17) is 13.8 Å². The van der Waals surface area contributed by atoms with Crippen LogP contribution in [0, 0.1) is 0 Å². The minimum atomic E-state index is -4.70. The second-order valence-corrected chi connectivity index (χ2v) is 24.7. The molecule has 0 spiro atoms. The van der Waals surface area contributed by atoms with Crippen molar-refractivity contribution in [3.63, 3.8) is 0 Å². The third kappa shape index (κ3) is 56.8. The second-order valence-electron chi connectivity index (χ2n) is 23.3. The number of hydrogen-bond donors (Lipinski definition) is 1. The summed E-state index contributed by atoms with van der Waals surface area (Å²) in [6.07, 6.45) is 66.9. The Morgan fingerprint density at radius 1 is 0.467 bits per heavy atom. The van der Waals surface area contributed by atoms with Crippen molar-refractivity contribution in [1.82, 2.24) is 5.32 Å². The molecule has 9 nitrogen and oxygen atoms in total. The Bertz CT molecular complexity index is 1380. The van der Waals surface area contributed by atoms with Crippen LogP contribution in [-0.4, -0.2) is 69.4 Å². The highest BCUT2D eigenvalue weighted by molar-refractivity contribution is 7.45. The third-order valence-electron chi connectivity index (χ3n) is 14.6. The van der Waals surface area contributed by atoms with E-state index in [1.807, 2.05) is 33.3 Å². The first-order valence-electron chi connectivity index (χ1n) is 32.3. The smallest absolute Gasteiger partial charge is 0.306 e. The number of nitrogens with zero attached hydrogens (tertiary/aromatic N) is 1. The van der Waals surface area contributed by atoms with Crippen molar-refractivity contribution >= 4 is 19.7 Å². The number of unbranched alkanes of at least 4 members (excludes halogenated alkanes) is 40. The predicted octanol–water partition coefficient (Wildman–Crippen LogP) is 19.3. The van der Waals surface area contributed by atoms with E-state index in [0.29, 0.717) is 17.4 Å². The van der Waals surface area contributed by atoms with Gasteiger partial charge in [-0.05, 0) is 57.4 Å². The summed E-state index contributed by atoms with van der Waals surface area (Å²) < 4.78 is 30.3. The Hall–Kier alpha value is -1.77. The van der Waals surface area contributed by atoms with Gasteiger partial charge in [-0.3, -0.25) is 14.2 Å². The van der Waals surface area contributed by atoms with Gasteiger partial charge in [0, 0.05) is 12.8 Å². The van der Waals surface area contributed by atoms with Gasteiger partial charge in [-0.15, -0.1) is 0 Å². The maximum atomic E-state index is 13.5. The van der Waals surface area contributed by atoms with Crippen LogP contribution in [0.4, 0.5) is 0 Å². The zero-order valence-corrected chi connectivity index (χ0v) is 51.4. The minimum Gasteiger partial charge on any atom is -0.756 e. The summed E-state index contributed by atoms with van der Waals surface area (Å²) in [6.45, 7) is 6.84. The van der Waals surface area contributed by atoms with Crippen molar-refractivity contribution < 1.29 is 37.3 Å². The van der Waals surface area contributed by atoms with Crippen molar-refractivity contribution in [3.05, 3.63) is 36.5 Å². The first kappa shape index (κ1) is 73.2. The van der Waals surface area contributed by atoms with E-state index in [1.54, 1.807) is 0 Å². The first-order chi connectivity index (χ1) is 36.4. The van der Waals surface area contributed by atoms with Crippen LogP contribution in [0.5, 0.6) is 0 Å². The number of carbonyl (C=O) groups is 2.